The molecule has 2 heterocycles. The van der Waals surface area contributed by atoms with Crippen LogP contribution in [-0.2, 0) is 4.79 Å². The number of halogens is 1. The van der Waals surface area contributed by atoms with Crippen molar-refractivity contribution in [3.05, 3.63) is 12.7 Å². The normalized spacial score (nSPS) is 29.8. The van der Waals surface area contributed by atoms with Crippen molar-refractivity contribution in [2.45, 2.75) is 43.8 Å². The molecular formula is C13H24ClN3O. The van der Waals surface area contributed by atoms with Crippen LogP contribution in [-0.4, -0.2) is 49.1 Å². The van der Waals surface area contributed by atoms with E-state index in [1.807, 2.05) is 0 Å². The van der Waals surface area contributed by atoms with Crippen LogP contribution in [0.15, 0.2) is 12.7 Å². The van der Waals surface area contributed by atoms with Crippen LogP contribution in [0.4, 0.5) is 0 Å². The first-order chi connectivity index (χ1) is 8.19. The summed E-state index contributed by atoms with van der Waals surface area (Å²) in [4.78, 5) is 13.8. The zero-order valence-electron chi connectivity index (χ0n) is 11.0. The third-order valence-electron chi connectivity index (χ3n) is 3.91. The number of hydrogen-bond acceptors (Lipinski definition) is 3. The van der Waals surface area contributed by atoms with Crippen molar-refractivity contribution in [2.75, 3.05) is 20.1 Å². The van der Waals surface area contributed by atoms with Crippen LogP contribution >= 0.6 is 12.4 Å². The maximum absolute atomic E-state index is 11.6. The van der Waals surface area contributed by atoms with E-state index in [4.69, 9.17) is 0 Å². The molecule has 2 aliphatic rings. The molecule has 2 bridgehead atoms. The summed E-state index contributed by atoms with van der Waals surface area (Å²) in [6, 6.07) is 1.91. The molecule has 0 aliphatic carbocycles. The minimum absolute atomic E-state index is 0. The molecule has 0 aromatic carbocycles. The average molecular weight is 274 g/mol. The Balaban J connectivity index is 0.00000162. The number of nitrogens with one attached hydrogen (secondary N) is 2. The monoisotopic (exact) mass is 273 g/mol. The van der Waals surface area contributed by atoms with E-state index in [0.717, 1.165) is 0 Å². The van der Waals surface area contributed by atoms with Gasteiger partial charge in [-0.25, -0.2) is 0 Å². The van der Waals surface area contributed by atoms with Gasteiger partial charge in [0.15, 0.2) is 0 Å². The van der Waals surface area contributed by atoms with E-state index in [2.05, 4.69) is 29.2 Å². The number of nitrogens with zero attached hydrogens (tertiary/aromatic N) is 1. The Bertz CT molecular complexity index is 286. The van der Waals surface area contributed by atoms with Crippen molar-refractivity contribution >= 4 is 18.3 Å². The zero-order chi connectivity index (χ0) is 12.3. The molecule has 5 heteroatoms. The van der Waals surface area contributed by atoms with Crippen molar-refractivity contribution in [1.82, 2.24) is 15.5 Å². The number of likely N-dealkylation sites (N-methyl/N-ethyl adjacent to an activating group) is 1. The molecule has 0 aromatic heterocycles. The highest BCUT2D eigenvalue weighted by atomic mass is 35.5. The third-order valence-corrected chi connectivity index (χ3v) is 3.91. The molecule has 4 nitrogen and oxygen atoms in total. The zero-order valence-corrected chi connectivity index (χ0v) is 11.8. The van der Waals surface area contributed by atoms with E-state index in [1.165, 1.54) is 25.7 Å². The molecule has 2 saturated heterocycles. The van der Waals surface area contributed by atoms with E-state index in [9.17, 15) is 4.79 Å². The summed E-state index contributed by atoms with van der Waals surface area (Å²) >= 11 is 0. The lowest BCUT2D eigenvalue weighted by atomic mass is 9.98. The summed E-state index contributed by atoms with van der Waals surface area (Å²) in [5, 5.41) is 6.45. The van der Waals surface area contributed by atoms with Crippen molar-refractivity contribution in [2.24, 2.45) is 0 Å². The summed E-state index contributed by atoms with van der Waals surface area (Å²) < 4.78 is 0. The summed E-state index contributed by atoms with van der Waals surface area (Å²) in [7, 11) is 2.06. The van der Waals surface area contributed by atoms with Gasteiger partial charge in [-0.3, -0.25) is 9.69 Å². The standard InChI is InChI=1S/C13H23N3O.ClH/c1-3-6-14-13(17)9-16(2)12-7-10-4-5-11(8-12)15-10;/h3,10-12,15H,1,4-9H2,2H3,(H,14,17);1H. The molecule has 0 radical (unpaired) electrons. The van der Waals surface area contributed by atoms with Crippen LogP contribution in [0, 0.1) is 0 Å². The minimum Gasteiger partial charge on any atom is -0.352 e. The Hall–Kier alpha value is -0.580. The Kier molecular flexibility index (Phi) is 6.12. The lowest BCUT2D eigenvalue weighted by molar-refractivity contribution is -0.122. The van der Waals surface area contributed by atoms with E-state index in [-0.39, 0.29) is 18.3 Å². The highest BCUT2D eigenvalue weighted by molar-refractivity contribution is 5.85. The van der Waals surface area contributed by atoms with Gasteiger partial charge >= 0.3 is 0 Å². The molecule has 0 aromatic rings. The topological polar surface area (TPSA) is 44.4 Å². The summed E-state index contributed by atoms with van der Waals surface area (Å²) in [5.41, 5.74) is 0. The first kappa shape index (κ1) is 15.5. The van der Waals surface area contributed by atoms with Crippen molar-refractivity contribution in [3.63, 3.8) is 0 Å². The molecule has 1 amide bonds. The van der Waals surface area contributed by atoms with E-state index < -0.39 is 0 Å². The Labute approximate surface area is 116 Å². The van der Waals surface area contributed by atoms with Gasteiger partial charge in [0.1, 0.15) is 0 Å². The minimum atomic E-state index is 0. The predicted octanol–water partition coefficient (Wildman–Crippen LogP) is 0.925. The first-order valence-corrected chi connectivity index (χ1v) is 6.53. The van der Waals surface area contributed by atoms with Gasteiger partial charge in [0.25, 0.3) is 0 Å². The summed E-state index contributed by atoms with van der Waals surface area (Å²) in [5.74, 6) is 0.0956. The first-order valence-electron chi connectivity index (χ1n) is 6.53. The van der Waals surface area contributed by atoms with E-state index >= 15 is 0 Å². The van der Waals surface area contributed by atoms with Gasteiger partial charge in [0, 0.05) is 24.7 Å². The number of fused-ring (bicyclic) bond motifs is 2. The molecule has 2 rings (SSSR count). The lowest BCUT2D eigenvalue weighted by Crippen LogP contribution is -2.49. The molecule has 18 heavy (non-hydrogen) atoms. The molecule has 104 valence electrons. The largest absolute Gasteiger partial charge is 0.352 e. The number of carbonyl (C=O) groups excluding carboxylic acids is 1. The lowest BCUT2D eigenvalue weighted by Gasteiger charge is -2.35. The highest BCUT2D eigenvalue weighted by Crippen LogP contribution is 2.28. The Morgan fingerprint density at radius 3 is 2.61 bits per heavy atom. The Morgan fingerprint density at radius 2 is 2.06 bits per heavy atom. The van der Waals surface area contributed by atoms with Gasteiger partial charge < -0.3 is 10.6 Å². The van der Waals surface area contributed by atoms with Crippen LogP contribution in [0.25, 0.3) is 0 Å². The van der Waals surface area contributed by atoms with Gasteiger partial charge in [-0.15, -0.1) is 19.0 Å². The second kappa shape index (κ2) is 7.12. The third kappa shape index (κ3) is 3.97. The van der Waals surface area contributed by atoms with E-state index in [1.54, 1.807) is 6.08 Å². The average Bonchev–Trinajstić information content (AvgIpc) is 2.65. The fourth-order valence-corrected chi connectivity index (χ4v) is 2.98. The molecule has 2 unspecified atom stereocenters. The van der Waals surface area contributed by atoms with Gasteiger partial charge in [-0.05, 0) is 32.7 Å². The van der Waals surface area contributed by atoms with Gasteiger partial charge in [-0.1, -0.05) is 6.08 Å². The van der Waals surface area contributed by atoms with Crippen molar-refractivity contribution < 1.29 is 4.79 Å². The number of rotatable bonds is 5. The quantitative estimate of drug-likeness (QED) is 0.733. The summed E-state index contributed by atoms with van der Waals surface area (Å²) in [6.07, 6.45) is 6.68. The molecule has 0 saturated carbocycles. The maximum Gasteiger partial charge on any atom is 0.234 e. The molecule has 2 N–H and O–H groups in total. The number of amides is 1. The fraction of sp³-hybridized carbons (Fsp3) is 0.769. The Morgan fingerprint density at radius 1 is 1.44 bits per heavy atom. The molecule has 2 aliphatic heterocycles. The fourth-order valence-electron chi connectivity index (χ4n) is 2.98. The van der Waals surface area contributed by atoms with Crippen molar-refractivity contribution in [3.8, 4) is 0 Å². The van der Waals surface area contributed by atoms with Crippen LogP contribution in [0.2, 0.25) is 0 Å². The summed E-state index contributed by atoms with van der Waals surface area (Å²) in [6.45, 7) is 4.65. The second-order valence-electron chi connectivity index (χ2n) is 5.27. The molecule has 2 atom stereocenters. The molecule has 2 fully saturated rings. The highest BCUT2D eigenvalue weighted by Gasteiger charge is 2.35. The number of carbonyl (C=O) groups is 1. The number of hydrogen-bond donors (Lipinski definition) is 2. The number of piperidine rings is 1. The van der Waals surface area contributed by atoms with Gasteiger partial charge in [-0.2, -0.15) is 0 Å². The molecule has 0 spiro atoms. The SMILES string of the molecule is C=CCNC(=O)CN(C)C1CC2CCC(C1)N2.Cl. The van der Waals surface area contributed by atoms with E-state index in [0.29, 0.717) is 31.2 Å². The van der Waals surface area contributed by atoms with Crippen LogP contribution in [0.5, 0.6) is 0 Å². The van der Waals surface area contributed by atoms with Crippen molar-refractivity contribution in [1.29, 1.82) is 0 Å². The van der Waals surface area contributed by atoms with Crippen LogP contribution in [0.1, 0.15) is 25.7 Å². The van der Waals surface area contributed by atoms with Gasteiger partial charge in [0.2, 0.25) is 5.91 Å². The molecular weight excluding hydrogens is 250 g/mol. The predicted molar refractivity (Wildman–Crippen MR) is 76.1 cm³/mol. The van der Waals surface area contributed by atoms with Gasteiger partial charge in [0.05, 0.1) is 6.54 Å². The van der Waals surface area contributed by atoms with Crippen LogP contribution < -0.4 is 10.6 Å². The van der Waals surface area contributed by atoms with Crippen LogP contribution in [0.3, 0.4) is 0 Å². The second-order valence-corrected chi connectivity index (χ2v) is 5.27. The maximum atomic E-state index is 11.6. The smallest absolute Gasteiger partial charge is 0.234 e.